The van der Waals surface area contributed by atoms with Crippen LogP contribution in [0.1, 0.15) is 10.4 Å². The highest BCUT2D eigenvalue weighted by molar-refractivity contribution is 7.84. The van der Waals surface area contributed by atoms with Crippen molar-refractivity contribution in [3.05, 3.63) is 29.8 Å². The third-order valence-corrected chi connectivity index (χ3v) is 2.96. The first-order valence-electron chi connectivity index (χ1n) is 4.66. The molecule has 18 heavy (non-hydrogen) atoms. The lowest BCUT2D eigenvalue weighted by Crippen LogP contribution is -2.18. The summed E-state index contributed by atoms with van der Waals surface area (Å²) in [5.41, 5.74) is -0.0864. The van der Waals surface area contributed by atoms with E-state index in [-0.39, 0.29) is 10.5 Å². The number of ether oxygens (including phenoxy) is 1. The molecule has 0 bridgehead atoms. The van der Waals surface area contributed by atoms with Gasteiger partial charge < -0.3 is 9.84 Å². The summed E-state index contributed by atoms with van der Waals surface area (Å²) in [4.78, 5) is 10.8. The second-order valence-electron chi connectivity index (χ2n) is 3.26. The van der Waals surface area contributed by atoms with Crippen LogP contribution in [0.25, 0.3) is 0 Å². The summed E-state index contributed by atoms with van der Waals surface area (Å²) in [5, 5.41) is 8.69. The van der Waals surface area contributed by atoms with Crippen molar-refractivity contribution in [2.75, 3.05) is 12.5 Å². The van der Waals surface area contributed by atoms with Crippen molar-refractivity contribution in [1.82, 2.24) is 0 Å². The maximum atomic E-state index is 11.8. The minimum atomic E-state index is -4.48. The highest BCUT2D eigenvalue weighted by Gasteiger charge is 2.27. The molecular weight excluding hydrogens is 273 g/mol. The first kappa shape index (κ1) is 14.7. The Morgan fingerprint density at radius 2 is 2.06 bits per heavy atom. The Balaban J connectivity index is 2.62. The maximum absolute atomic E-state index is 11.8. The van der Waals surface area contributed by atoms with Crippen LogP contribution < -0.4 is 0 Å². The van der Waals surface area contributed by atoms with Gasteiger partial charge in [0.05, 0.1) is 16.4 Å². The van der Waals surface area contributed by atoms with Gasteiger partial charge in [-0.15, -0.1) is 0 Å². The monoisotopic (exact) mass is 282 g/mol. The number of benzene rings is 1. The normalized spacial score (nSPS) is 13.3. The van der Waals surface area contributed by atoms with E-state index in [1.165, 1.54) is 18.2 Å². The van der Waals surface area contributed by atoms with Crippen molar-refractivity contribution in [2.45, 2.75) is 11.1 Å². The number of hydrogen-bond acceptors (Lipinski definition) is 3. The number of carboxylic acid groups (broad SMARTS) is 1. The highest BCUT2D eigenvalue weighted by Crippen LogP contribution is 2.16. The number of hydrogen-bond donors (Lipinski definition) is 1. The zero-order valence-corrected chi connectivity index (χ0v) is 9.75. The number of carboxylic acids is 1. The van der Waals surface area contributed by atoms with Crippen LogP contribution in [0.4, 0.5) is 13.2 Å². The predicted octanol–water partition coefficient (Wildman–Crippen LogP) is 2.03. The molecule has 0 fully saturated rings. The molecule has 4 nitrogen and oxygen atoms in total. The fourth-order valence-corrected chi connectivity index (χ4v) is 1.93. The van der Waals surface area contributed by atoms with Gasteiger partial charge in [-0.3, -0.25) is 4.21 Å². The molecule has 1 unspecified atom stereocenters. The molecule has 0 spiro atoms. The van der Waals surface area contributed by atoms with Gasteiger partial charge in [0.25, 0.3) is 0 Å². The second kappa shape index (κ2) is 5.96. The van der Waals surface area contributed by atoms with Crippen LogP contribution >= 0.6 is 0 Å². The molecule has 100 valence electrons. The van der Waals surface area contributed by atoms with E-state index < -0.39 is 35.5 Å². The number of aromatic carboxylic acids is 1. The predicted molar refractivity (Wildman–Crippen MR) is 56.7 cm³/mol. The molecule has 0 aliphatic heterocycles. The third-order valence-electron chi connectivity index (χ3n) is 1.80. The minimum Gasteiger partial charge on any atom is -0.478 e. The molecule has 0 saturated carbocycles. The van der Waals surface area contributed by atoms with E-state index in [1.807, 2.05) is 0 Å². The Labute approximate surface area is 103 Å². The Bertz CT molecular complexity index is 459. The van der Waals surface area contributed by atoms with Gasteiger partial charge in [-0.1, -0.05) is 6.07 Å². The highest BCUT2D eigenvalue weighted by atomic mass is 32.2. The number of rotatable bonds is 5. The van der Waals surface area contributed by atoms with Gasteiger partial charge in [-0.05, 0) is 18.2 Å². The summed E-state index contributed by atoms with van der Waals surface area (Å²) in [6.07, 6.45) is -4.48. The van der Waals surface area contributed by atoms with E-state index in [2.05, 4.69) is 4.74 Å². The zero-order valence-electron chi connectivity index (χ0n) is 8.94. The quantitative estimate of drug-likeness (QED) is 0.897. The van der Waals surface area contributed by atoms with Gasteiger partial charge in [0.1, 0.15) is 12.5 Å². The van der Waals surface area contributed by atoms with E-state index in [4.69, 9.17) is 5.11 Å². The zero-order chi connectivity index (χ0) is 13.8. The molecule has 1 N–H and O–H groups in total. The Morgan fingerprint density at radius 3 is 2.61 bits per heavy atom. The van der Waals surface area contributed by atoms with E-state index in [0.29, 0.717) is 0 Å². The lowest BCUT2D eigenvalue weighted by atomic mass is 10.2. The summed E-state index contributed by atoms with van der Waals surface area (Å²) >= 11 is 0. The van der Waals surface area contributed by atoms with E-state index in [1.54, 1.807) is 0 Å². The molecule has 1 aromatic carbocycles. The smallest absolute Gasteiger partial charge is 0.411 e. The molecule has 0 radical (unpaired) electrons. The fourth-order valence-electron chi connectivity index (χ4n) is 1.07. The Morgan fingerprint density at radius 1 is 1.39 bits per heavy atom. The first-order valence-corrected chi connectivity index (χ1v) is 5.98. The summed E-state index contributed by atoms with van der Waals surface area (Å²) < 4.78 is 51.1. The van der Waals surface area contributed by atoms with E-state index in [9.17, 15) is 22.2 Å². The van der Waals surface area contributed by atoms with Crippen LogP contribution in [0.2, 0.25) is 0 Å². The van der Waals surface area contributed by atoms with E-state index >= 15 is 0 Å². The summed E-state index contributed by atoms with van der Waals surface area (Å²) in [6.45, 7) is -1.49. The first-order chi connectivity index (χ1) is 8.29. The number of halogens is 3. The molecule has 0 aliphatic rings. The van der Waals surface area contributed by atoms with Gasteiger partial charge in [0, 0.05) is 4.90 Å². The van der Waals surface area contributed by atoms with Crippen molar-refractivity contribution >= 4 is 16.8 Å². The molecule has 1 atom stereocenters. The van der Waals surface area contributed by atoms with E-state index in [0.717, 1.165) is 6.07 Å². The minimum absolute atomic E-state index is 0.0864. The Kier molecular flexibility index (Phi) is 4.85. The van der Waals surface area contributed by atoms with Crippen molar-refractivity contribution in [3.63, 3.8) is 0 Å². The van der Waals surface area contributed by atoms with Crippen LogP contribution in [-0.2, 0) is 15.5 Å². The molecular formula is C10H9F3O4S. The Hall–Kier alpha value is -1.41. The number of alkyl halides is 3. The van der Waals surface area contributed by atoms with Crippen LogP contribution in [0.3, 0.4) is 0 Å². The van der Waals surface area contributed by atoms with Crippen LogP contribution in [0, 0.1) is 0 Å². The summed E-state index contributed by atoms with van der Waals surface area (Å²) in [6, 6.07) is 5.15. The van der Waals surface area contributed by atoms with Crippen LogP contribution in [0.15, 0.2) is 29.2 Å². The van der Waals surface area contributed by atoms with Gasteiger partial charge in [-0.25, -0.2) is 4.79 Å². The van der Waals surface area contributed by atoms with Gasteiger partial charge >= 0.3 is 12.1 Å². The fraction of sp³-hybridized carbons (Fsp3) is 0.300. The molecule has 0 aromatic heterocycles. The van der Waals surface area contributed by atoms with Crippen LogP contribution in [0.5, 0.6) is 0 Å². The summed E-state index contributed by atoms with van der Waals surface area (Å²) in [5.74, 6) is -1.84. The molecule has 0 amide bonds. The van der Waals surface area contributed by atoms with Gasteiger partial charge in [-0.2, -0.15) is 13.2 Å². The molecule has 0 heterocycles. The number of carbonyl (C=O) groups is 1. The SMILES string of the molecule is O=C(O)c1cccc(S(=O)COCC(F)(F)F)c1. The average Bonchev–Trinajstić information content (AvgIpc) is 2.27. The second-order valence-corrected chi connectivity index (χ2v) is 4.66. The molecule has 0 aliphatic carbocycles. The topological polar surface area (TPSA) is 63.6 Å². The lowest BCUT2D eigenvalue weighted by molar-refractivity contribution is -0.169. The van der Waals surface area contributed by atoms with Crippen molar-refractivity contribution in [3.8, 4) is 0 Å². The summed E-state index contributed by atoms with van der Waals surface area (Å²) in [7, 11) is -1.83. The van der Waals surface area contributed by atoms with Crippen molar-refractivity contribution in [1.29, 1.82) is 0 Å². The molecule has 0 saturated heterocycles. The molecule has 1 aromatic rings. The van der Waals surface area contributed by atoms with Crippen molar-refractivity contribution < 1.29 is 32.0 Å². The standard InChI is InChI=1S/C10H9F3O4S/c11-10(12,13)5-17-6-18(16)8-3-1-2-7(4-8)9(14)15/h1-4H,5-6H2,(H,14,15). The largest absolute Gasteiger partial charge is 0.478 e. The maximum Gasteiger partial charge on any atom is 0.411 e. The third kappa shape index (κ3) is 4.84. The molecule has 1 rings (SSSR count). The van der Waals surface area contributed by atoms with Gasteiger partial charge in [0.15, 0.2) is 0 Å². The van der Waals surface area contributed by atoms with Gasteiger partial charge in [0.2, 0.25) is 0 Å². The average molecular weight is 282 g/mol. The molecule has 8 heteroatoms. The van der Waals surface area contributed by atoms with Crippen LogP contribution in [-0.4, -0.2) is 34.0 Å². The lowest BCUT2D eigenvalue weighted by Gasteiger charge is -2.07. The van der Waals surface area contributed by atoms with Crippen molar-refractivity contribution in [2.24, 2.45) is 0 Å².